The summed E-state index contributed by atoms with van der Waals surface area (Å²) in [6.45, 7) is 3.94. The predicted octanol–water partition coefficient (Wildman–Crippen LogP) is 4.12. The van der Waals surface area contributed by atoms with Crippen LogP contribution in [0.1, 0.15) is 11.3 Å². The van der Waals surface area contributed by atoms with Crippen LogP contribution in [0.15, 0.2) is 9.98 Å². The van der Waals surface area contributed by atoms with E-state index in [-0.39, 0.29) is 0 Å². The molecule has 3 aromatic rings. The van der Waals surface area contributed by atoms with Gasteiger partial charge in [0.1, 0.15) is 9.98 Å². The highest BCUT2D eigenvalue weighted by molar-refractivity contribution is 9.11. The Morgan fingerprint density at radius 2 is 2.00 bits per heavy atom. The maximum Gasteiger partial charge on any atom is 0.198 e. The van der Waals surface area contributed by atoms with Crippen molar-refractivity contribution in [2.24, 2.45) is 7.05 Å². The molecule has 0 aromatic carbocycles. The number of fused-ring (bicyclic) bond motifs is 1. The molecule has 0 atom stereocenters. The van der Waals surface area contributed by atoms with E-state index in [4.69, 9.17) is 11.6 Å². The summed E-state index contributed by atoms with van der Waals surface area (Å²) in [5.74, 6) is 1.28. The first kappa shape index (κ1) is 13.0. The minimum Gasteiger partial charge on any atom is -0.331 e. The number of rotatable bonds is 1. The molecule has 98 valence electrons. The second-order valence-corrected chi connectivity index (χ2v) is 7.01. The third kappa shape index (κ3) is 2.07. The van der Waals surface area contributed by atoms with Crippen molar-refractivity contribution in [2.75, 3.05) is 0 Å². The van der Waals surface area contributed by atoms with Crippen LogP contribution < -0.4 is 0 Å². The van der Waals surface area contributed by atoms with Gasteiger partial charge >= 0.3 is 0 Å². The van der Waals surface area contributed by atoms with Crippen LogP contribution >= 0.6 is 38.9 Å². The molecule has 3 rings (SSSR count). The van der Waals surface area contributed by atoms with Crippen LogP contribution in [-0.4, -0.2) is 19.5 Å². The lowest BCUT2D eigenvalue weighted by Gasteiger charge is -2.02. The van der Waals surface area contributed by atoms with E-state index in [1.54, 1.807) is 11.3 Å². The average molecular weight is 358 g/mol. The SMILES string of the molecule is Cc1cn(C)c(-c2nc(Cl)c3c(C)c(Br)sc3n2)n1. The second kappa shape index (κ2) is 4.54. The number of hydrogen-bond acceptors (Lipinski definition) is 4. The van der Waals surface area contributed by atoms with E-state index in [1.807, 2.05) is 31.7 Å². The molecule has 0 amide bonds. The second-order valence-electron chi connectivity index (χ2n) is 4.34. The summed E-state index contributed by atoms with van der Waals surface area (Å²) in [6, 6.07) is 0. The van der Waals surface area contributed by atoms with Crippen molar-refractivity contribution in [3.05, 3.63) is 26.4 Å². The van der Waals surface area contributed by atoms with E-state index < -0.39 is 0 Å². The first-order valence-electron chi connectivity index (χ1n) is 5.60. The Hall–Kier alpha value is -0.980. The molecular weight excluding hydrogens is 348 g/mol. The lowest BCUT2D eigenvalue weighted by Crippen LogP contribution is -1.97. The largest absolute Gasteiger partial charge is 0.331 e. The zero-order valence-electron chi connectivity index (χ0n) is 10.5. The molecule has 7 heteroatoms. The summed E-state index contributed by atoms with van der Waals surface area (Å²) in [5.41, 5.74) is 2.01. The Balaban J connectivity index is 2.29. The summed E-state index contributed by atoms with van der Waals surface area (Å²) in [5, 5.41) is 1.38. The lowest BCUT2D eigenvalue weighted by atomic mass is 10.3. The van der Waals surface area contributed by atoms with E-state index in [1.165, 1.54) is 0 Å². The minimum absolute atomic E-state index is 0.472. The Morgan fingerprint density at radius 1 is 1.26 bits per heavy atom. The summed E-state index contributed by atoms with van der Waals surface area (Å²) in [4.78, 5) is 14.3. The zero-order valence-corrected chi connectivity index (χ0v) is 13.7. The third-order valence-electron chi connectivity index (χ3n) is 2.88. The van der Waals surface area contributed by atoms with Crippen LogP contribution in [0.3, 0.4) is 0 Å². The van der Waals surface area contributed by atoms with Gasteiger partial charge in [-0.25, -0.2) is 15.0 Å². The number of thiophene rings is 1. The Kier molecular flexibility index (Phi) is 3.11. The molecule has 4 nitrogen and oxygen atoms in total. The van der Waals surface area contributed by atoms with Crippen LogP contribution in [0, 0.1) is 13.8 Å². The highest BCUT2D eigenvalue weighted by Gasteiger charge is 2.17. The Bertz CT molecular complexity index is 793. The number of hydrogen-bond donors (Lipinski definition) is 0. The fraction of sp³-hybridized carbons (Fsp3) is 0.250. The molecule has 0 radical (unpaired) electrons. The van der Waals surface area contributed by atoms with Gasteiger partial charge in [-0.15, -0.1) is 11.3 Å². The molecule has 19 heavy (non-hydrogen) atoms. The third-order valence-corrected chi connectivity index (χ3v) is 5.21. The van der Waals surface area contributed by atoms with Gasteiger partial charge in [0.25, 0.3) is 0 Å². The number of nitrogens with zero attached hydrogens (tertiary/aromatic N) is 4. The van der Waals surface area contributed by atoms with Crippen molar-refractivity contribution in [1.29, 1.82) is 0 Å². The van der Waals surface area contributed by atoms with Gasteiger partial charge in [0.05, 0.1) is 14.9 Å². The summed E-state index contributed by atoms with van der Waals surface area (Å²) < 4.78 is 2.94. The van der Waals surface area contributed by atoms with Crippen molar-refractivity contribution in [1.82, 2.24) is 19.5 Å². The normalized spacial score (nSPS) is 11.4. The summed E-state index contributed by atoms with van der Waals surface area (Å²) in [7, 11) is 1.92. The van der Waals surface area contributed by atoms with Crippen molar-refractivity contribution >= 4 is 49.1 Å². The van der Waals surface area contributed by atoms with Crippen LogP contribution in [0.5, 0.6) is 0 Å². The maximum atomic E-state index is 6.29. The van der Waals surface area contributed by atoms with E-state index in [0.717, 1.165) is 31.1 Å². The van der Waals surface area contributed by atoms with Crippen molar-refractivity contribution in [3.63, 3.8) is 0 Å². The van der Waals surface area contributed by atoms with Gasteiger partial charge in [-0.1, -0.05) is 11.6 Å². The Morgan fingerprint density at radius 3 is 2.63 bits per heavy atom. The number of imidazole rings is 1. The number of aryl methyl sites for hydroxylation is 3. The van der Waals surface area contributed by atoms with Gasteiger partial charge in [0.15, 0.2) is 11.6 Å². The molecule has 0 fully saturated rings. The zero-order chi connectivity index (χ0) is 13.7. The molecule has 3 heterocycles. The molecule has 0 saturated heterocycles. The van der Waals surface area contributed by atoms with Crippen LogP contribution in [0.2, 0.25) is 5.15 Å². The first-order valence-corrected chi connectivity index (χ1v) is 7.58. The van der Waals surface area contributed by atoms with Crippen LogP contribution in [0.25, 0.3) is 21.9 Å². The molecule has 3 aromatic heterocycles. The van der Waals surface area contributed by atoms with E-state index in [9.17, 15) is 0 Å². The van der Waals surface area contributed by atoms with E-state index in [2.05, 4.69) is 30.9 Å². The van der Waals surface area contributed by atoms with Crippen molar-refractivity contribution < 1.29 is 0 Å². The van der Waals surface area contributed by atoms with Gasteiger partial charge in [0, 0.05) is 13.2 Å². The first-order chi connectivity index (χ1) is 8.97. The molecule has 0 N–H and O–H groups in total. The summed E-state index contributed by atoms with van der Waals surface area (Å²) >= 11 is 11.4. The van der Waals surface area contributed by atoms with Crippen LogP contribution in [-0.2, 0) is 7.05 Å². The molecule has 0 bridgehead atoms. The van der Waals surface area contributed by atoms with Gasteiger partial charge in [-0.05, 0) is 35.3 Å². The molecule has 0 aliphatic carbocycles. The molecule has 0 unspecified atom stereocenters. The van der Waals surface area contributed by atoms with E-state index >= 15 is 0 Å². The summed E-state index contributed by atoms with van der Waals surface area (Å²) in [6.07, 6.45) is 1.94. The Labute approximate surface area is 127 Å². The number of halogens is 2. The fourth-order valence-electron chi connectivity index (χ4n) is 1.99. The monoisotopic (exact) mass is 356 g/mol. The smallest absolute Gasteiger partial charge is 0.198 e. The van der Waals surface area contributed by atoms with Gasteiger partial charge in [-0.2, -0.15) is 0 Å². The molecule has 0 spiro atoms. The van der Waals surface area contributed by atoms with Crippen LogP contribution in [0.4, 0.5) is 0 Å². The quantitative estimate of drug-likeness (QED) is 0.615. The highest BCUT2D eigenvalue weighted by Crippen LogP contribution is 2.37. The molecular formula is C12H10BrClN4S. The molecule has 0 aliphatic rings. The fourth-order valence-corrected chi connectivity index (χ4v) is 3.92. The topological polar surface area (TPSA) is 43.6 Å². The maximum absolute atomic E-state index is 6.29. The van der Waals surface area contributed by atoms with Gasteiger partial charge in [0.2, 0.25) is 0 Å². The number of aromatic nitrogens is 4. The standard InChI is InChI=1S/C12H10BrClN4S/c1-5-4-18(3)11(15-5)10-16-9(14)7-6(2)8(13)19-12(7)17-10/h4H,1-3H3. The van der Waals surface area contributed by atoms with Crippen molar-refractivity contribution in [3.8, 4) is 11.6 Å². The van der Waals surface area contributed by atoms with Crippen molar-refractivity contribution in [2.45, 2.75) is 13.8 Å². The molecule has 0 aliphatic heterocycles. The van der Waals surface area contributed by atoms with Gasteiger partial charge in [-0.3, -0.25) is 0 Å². The minimum atomic E-state index is 0.472. The lowest BCUT2D eigenvalue weighted by molar-refractivity contribution is 0.909. The van der Waals surface area contributed by atoms with E-state index in [0.29, 0.717) is 11.0 Å². The molecule has 0 saturated carbocycles. The average Bonchev–Trinajstić information content (AvgIpc) is 2.80. The van der Waals surface area contributed by atoms with Gasteiger partial charge < -0.3 is 4.57 Å². The highest BCUT2D eigenvalue weighted by atomic mass is 79.9. The predicted molar refractivity (Wildman–Crippen MR) is 81.8 cm³/mol.